The van der Waals surface area contributed by atoms with Crippen LogP contribution in [0.15, 0.2) is 67.0 Å². The number of ether oxygens (including phenoxy) is 1. The molecule has 0 aliphatic heterocycles. The van der Waals surface area contributed by atoms with Crippen LogP contribution in [0.25, 0.3) is 10.2 Å². The van der Waals surface area contributed by atoms with E-state index in [1.165, 1.54) is 5.56 Å². The fourth-order valence-corrected chi connectivity index (χ4v) is 4.62. The van der Waals surface area contributed by atoms with Crippen LogP contribution in [0.5, 0.6) is 5.75 Å². The third-order valence-electron chi connectivity index (χ3n) is 5.47. The van der Waals surface area contributed by atoms with Gasteiger partial charge in [-0.25, -0.2) is 4.98 Å². The van der Waals surface area contributed by atoms with Gasteiger partial charge in [0.1, 0.15) is 5.75 Å². The Bertz CT molecular complexity index is 1200. The molecular weight excluding hydrogens is 430 g/mol. The quantitative estimate of drug-likeness (QED) is 0.257. The molecule has 4 aromatic rings. The van der Waals surface area contributed by atoms with E-state index >= 15 is 0 Å². The predicted molar refractivity (Wildman–Crippen MR) is 135 cm³/mol. The molecule has 2 aromatic heterocycles. The predicted octanol–water partition coefficient (Wildman–Crippen LogP) is 6.84. The lowest BCUT2D eigenvalue weighted by molar-refractivity contribution is 0.0985. The lowest BCUT2D eigenvalue weighted by Gasteiger charge is -2.20. The number of nitrogens with zero attached hydrogens (tertiary/aromatic N) is 3. The summed E-state index contributed by atoms with van der Waals surface area (Å²) in [5.41, 5.74) is 3.72. The van der Waals surface area contributed by atoms with Gasteiger partial charge in [0.25, 0.3) is 5.91 Å². The summed E-state index contributed by atoms with van der Waals surface area (Å²) in [6, 6.07) is 17.5. The molecule has 4 rings (SSSR count). The first kappa shape index (κ1) is 22.9. The maximum Gasteiger partial charge on any atom is 0.260 e. The van der Waals surface area contributed by atoms with Crippen molar-refractivity contribution >= 4 is 32.6 Å². The molecule has 33 heavy (non-hydrogen) atoms. The SMILES string of the molecule is CCCCOc1ccc(C(=O)N(Cc2cccnc2)c2nc3c(C(C)C)cccc3s2)cc1. The molecule has 0 fully saturated rings. The van der Waals surface area contributed by atoms with Crippen LogP contribution in [0.1, 0.15) is 61.0 Å². The summed E-state index contributed by atoms with van der Waals surface area (Å²) < 4.78 is 6.84. The molecule has 5 nitrogen and oxygen atoms in total. The summed E-state index contributed by atoms with van der Waals surface area (Å²) in [6.45, 7) is 7.54. The molecule has 0 aliphatic rings. The van der Waals surface area contributed by atoms with Crippen LogP contribution in [0.2, 0.25) is 0 Å². The van der Waals surface area contributed by atoms with Gasteiger partial charge in [0.2, 0.25) is 0 Å². The van der Waals surface area contributed by atoms with E-state index in [1.54, 1.807) is 28.6 Å². The molecule has 0 spiro atoms. The second kappa shape index (κ2) is 10.6. The molecule has 0 aliphatic carbocycles. The van der Waals surface area contributed by atoms with E-state index in [-0.39, 0.29) is 5.91 Å². The average molecular weight is 460 g/mol. The van der Waals surface area contributed by atoms with E-state index < -0.39 is 0 Å². The first-order valence-corrected chi connectivity index (χ1v) is 12.2. The number of fused-ring (bicyclic) bond motifs is 1. The Balaban J connectivity index is 1.67. The first-order chi connectivity index (χ1) is 16.1. The largest absolute Gasteiger partial charge is 0.494 e. The number of pyridine rings is 1. The minimum atomic E-state index is -0.0934. The zero-order chi connectivity index (χ0) is 23.2. The second-order valence-corrected chi connectivity index (χ2v) is 9.33. The van der Waals surface area contributed by atoms with Gasteiger partial charge < -0.3 is 4.74 Å². The number of amides is 1. The number of unbranched alkanes of at least 4 members (excludes halogenated alkanes) is 1. The van der Waals surface area contributed by atoms with Crippen molar-refractivity contribution in [2.24, 2.45) is 0 Å². The molecule has 0 atom stereocenters. The van der Waals surface area contributed by atoms with Crippen LogP contribution in [-0.2, 0) is 6.54 Å². The van der Waals surface area contributed by atoms with Crippen LogP contribution >= 0.6 is 11.3 Å². The van der Waals surface area contributed by atoms with Gasteiger partial charge in [-0.05, 0) is 59.9 Å². The van der Waals surface area contributed by atoms with E-state index in [9.17, 15) is 4.79 Å². The zero-order valence-corrected chi connectivity index (χ0v) is 20.1. The van der Waals surface area contributed by atoms with Crippen LogP contribution in [0.4, 0.5) is 5.13 Å². The van der Waals surface area contributed by atoms with Crippen molar-refractivity contribution in [2.75, 3.05) is 11.5 Å². The highest BCUT2D eigenvalue weighted by atomic mass is 32.1. The van der Waals surface area contributed by atoms with Crippen molar-refractivity contribution in [3.63, 3.8) is 0 Å². The van der Waals surface area contributed by atoms with Gasteiger partial charge in [0.05, 0.1) is 23.4 Å². The highest BCUT2D eigenvalue weighted by molar-refractivity contribution is 7.22. The molecule has 170 valence electrons. The summed E-state index contributed by atoms with van der Waals surface area (Å²) in [5.74, 6) is 1.04. The van der Waals surface area contributed by atoms with Gasteiger partial charge in [0, 0.05) is 18.0 Å². The number of carbonyl (C=O) groups is 1. The molecule has 0 saturated carbocycles. The van der Waals surface area contributed by atoms with Crippen molar-refractivity contribution in [3.8, 4) is 5.75 Å². The van der Waals surface area contributed by atoms with Crippen molar-refractivity contribution in [3.05, 3.63) is 83.7 Å². The summed E-state index contributed by atoms with van der Waals surface area (Å²) in [5, 5.41) is 0.690. The fourth-order valence-electron chi connectivity index (χ4n) is 3.62. The number of rotatable bonds is 9. The number of hydrogen-bond donors (Lipinski definition) is 0. The Morgan fingerprint density at radius 1 is 1.09 bits per heavy atom. The lowest BCUT2D eigenvalue weighted by atomic mass is 10.0. The van der Waals surface area contributed by atoms with Crippen LogP contribution in [0.3, 0.4) is 0 Å². The highest BCUT2D eigenvalue weighted by Crippen LogP contribution is 2.34. The number of para-hydroxylation sites is 1. The van der Waals surface area contributed by atoms with Gasteiger partial charge in [-0.15, -0.1) is 0 Å². The van der Waals surface area contributed by atoms with Gasteiger partial charge in [0.15, 0.2) is 5.13 Å². The third-order valence-corrected chi connectivity index (χ3v) is 6.51. The smallest absolute Gasteiger partial charge is 0.260 e. The van der Waals surface area contributed by atoms with Gasteiger partial charge >= 0.3 is 0 Å². The number of benzene rings is 2. The van der Waals surface area contributed by atoms with Gasteiger partial charge in [-0.2, -0.15) is 0 Å². The summed E-state index contributed by atoms with van der Waals surface area (Å²) in [4.78, 5) is 24.5. The third kappa shape index (κ3) is 5.40. The van der Waals surface area contributed by atoms with E-state index in [4.69, 9.17) is 9.72 Å². The van der Waals surface area contributed by atoms with Crippen LogP contribution in [0, 0.1) is 0 Å². The van der Waals surface area contributed by atoms with Gasteiger partial charge in [-0.1, -0.05) is 56.7 Å². The fraction of sp³-hybridized carbons (Fsp3) is 0.296. The minimum absolute atomic E-state index is 0.0934. The van der Waals surface area contributed by atoms with Crippen molar-refractivity contribution in [1.82, 2.24) is 9.97 Å². The molecule has 2 heterocycles. The van der Waals surface area contributed by atoms with Crippen molar-refractivity contribution < 1.29 is 9.53 Å². The number of anilines is 1. The molecule has 0 bridgehead atoms. The second-order valence-electron chi connectivity index (χ2n) is 8.32. The van der Waals surface area contributed by atoms with Crippen molar-refractivity contribution in [1.29, 1.82) is 0 Å². The number of carbonyl (C=O) groups excluding carboxylic acids is 1. The van der Waals surface area contributed by atoms with E-state index in [1.807, 2.05) is 36.4 Å². The van der Waals surface area contributed by atoms with Gasteiger partial charge in [-0.3, -0.25) is 14.7 Å². The summed E-state index contributed by atoms with van der Waals surface area (Å²) >= 11 is 1.54. The zero-order valence-electron chi connectivity index (χ0n) is 19.3. The van der Waals surface area contributed by atoms with E-state index in [0.717, 1.165) is 34.4 Å². The Morgan fingerprint density at radius 3 is 2.61 bits per heavy atom. The number of aromatic nitrogens is 2. The van der Waals surface area contributed by atoms with Crippen molar-refractivity contribution in [2.45, 2.75) is 46.1 Å². The molecule has 1 amide bonds. The Hall–Kier alpha value is -3.25. The normalized spacial score (nSPS) is 11.2. The van der Waals surface area contributed by atoms with E-state index in [0.29, 0.717) is 29.8 Å². The average Bonchev–Trinajstić information content (AvgIpc) is 3.27. The minimum Gasteiger partial charge on any atom is -0.494 e. The lowest BCUT2D eigenvalue weighted by Crippen LogP contribution is -2.30. The topological polar surface area (TPSA) is 55.3 Å². The van der Waals surface area contributed by atoms with E-state index in [2.05, 4.69) is 44.0 Å². The van der Waals surface area contributed by atoms with Crippen LogP contribution < -0.4 is 9.64 Å². The summed E-state index contributed by atoms with van der Waals surface area (Å²) in [7, 11) is 0. The molecule has 6 heteroatoms. The maximum absolute atomic E-state index is 13.6. The molecular formula is C27H29N3O2S. The Kier molecular flexibility index (Phi) is 7.35. The number of hydrogen-bond acceptors (Lipinski definition) is 5. The molecule has 0 unspecified atom stereocenters. The molecule has 0 N–H and O–H groups in total. The van der Waals surface area contributed by atoms with Crippen LogP contribution in [-0.4, -0.2) is 22.5 Å². The first-order valence-electron chi connectivity index (χ1n) is 11.4. The Morgan fingerprint density at radius 2 is 1.91 bits per heavy atom. The molecule has 2 aromatic carbocycles. The Labute approximate surface area is 199 Å². The standard InChI is InChI=1S/C27H29N3O2S/c1-4-5-16-32-22-13-11-21(12-14-22)26(31)30(18-20-8-7-15-28-17-20)27-29-25-23(19(2)3)9-6-10-24(25)33-27/h6-15,17,19H,4-5,16,18H2,1-3H3. The highest BCUT2D eigenvalue weighted by Gasteiger charge is 2.23. The maximum atomic E-state index is 13.6. The monoisotopic (exact) mass is 459 g/mol. The molecule has 0 saturated heterocycles. The molecule has 0 radical (unpaired) electrons. The summed E-state index contributed by atoms with van der Waals surface area (Å²) in [6.07, 6.45) is 5.62. The number of thiazole rings is 1.